The van der Waals surface area contributed by atoms with Crippen LogP contribution >= 0.6 is 27.3 Å². The largest absolute Gasteiger partial charge is 0.456 e. The van der Waals surface area contributed by atoms with Crippen LogP contribution in [-0.4, -0.2) is 4.57 Å². The molecule has 8 aromatic rings. The van der Waals surface area contributed by atoms with E-state index in [-0.39, 0.29) is 0 Å². The molecule has 0 fully saturated rings. The molecule has 34 heavy (non-hydrogen) atoms. The van der Waals surface area contributed by atoms with Crippen LogP contribution in [0.4, 0.5) is 0 Å². The van der Waals surface area contributed by atoms with E-state index in [1.807, 2.05) is 23.5 Å². The van der Waals surface area contributed by atoms with Crippen molar-refractivity contribution < 1.29 is 4.42 Å². The first-order valence-electron chi connectivity index (χ1n) is 11.2. The number of para-hydroxylation sites is 1. The van der Waals surface area contributed by atoms with Gasteiger partial charge in [-0.15, -0.1) is 11.3 Å². The molecule has 0 aliphatic heterocycles. The number of hydrogen-bond donors (Lipinski definition) is 0. The van der Waals surface area contributed by atoms with Gasteiger partial charge in [0.2, 0.25) is 0 Å². The number of thiophene rings is 1. The Balaban J connectivity index is 1.53. The molecule has 0 aliphatic carbocycles. The van der Waals surface area contributed by atoms with E-state index >= 15 is 0 Å². The van der Waals surface area contributed by atoms with Crippen LogP contribution in [-0.2, 0) is 0 Å². The monoisotopic (exact) mass is 517 g/mol. The zero-order chi connectivity index (χ0) is 22.4. The van der Waals surface area contributed by atoms with Crippen LogP contribution in [0.3, 0.4) is 0 Å². The topological polar surface area (TPSA) is 18.1 Å². The second-order valence-corrected chi connectivity index (χ2v) is 10.6. The van der Waals surface area contributed by atoms with Crippen molar-refractivity contribution in [2.45, 2.75) is 0 Å². The van der Waals surface area contributed by atoms with E-state index in [4.69, 9.17) is 4.42 Å². The maximum Gasteiger partial charge on any atom is 0.136 e. The number of furan rings is 1. The van der Waals surface area contributed by atoms with Gasteiger partial charge >= 0.3 is 0 Å². The summed E-state index contributed by atoms with van der Waals surface area (Å²) in [6.07, 6.45) is 0. The fraction of sp³-hybridized carbons (Fsp3) is 0. The molecule has 0 radical (unpaired) electrons. The number of aromatic nitrogens is 1. The molecule has 0 aliphatic rings. The third-order valence-electron chi connectivity index (χ3n) is 6.87. The molecule has 0 spiro atoms. The number of hydrogen-bond acceptors (Lipinski definition) is 2. The summed E-state index contributed by atoms with van der Waals surface area (Å²) < 4.78 is 12.3. The van der Waals surface area contributed by atoms with E-state index in [9.17, 15) is 0 Å². The highest BCUT2D eigenvalue weighted by Crippen LogP contribution is 2.44. The average Bonchev–Trinajstić information content (AvgIpc) is 3.53. The molecular formula is C30H16BrNOS. The van der Waals surface area contributed by atoms with Gasteiger partial charge in [-0.2, -0.15) is 0 Å². The van der Waals surface area contributed by atoms with Crippen molar-refractivity contribution in [3.05, 3.63) is 102 Å². The minimum Gasteiger partial charge on any atom is -0.456 e. The highest BCUT2D eigenvalue weighted by Gasteiger charge is 2.18. The van der Waals surface area contributed by atoms with Crippen molar-refractivity contribution in [3.63, 3.8) is 0 Å². The van der Waals surface area contributed by atoms with Crippen LogP contribution in [0.25, 0.3) is 69.6 Å². The Morgan fingerprint density at radius 1 is 0.618 bits per heavy atom. The fourth-order valence-corrected chi connectivity index (χ4v) is 7.24. The van der Waals surface area contributed by atoms with Crippen LogP contribution < -0.4 is 0 Å². The SMILES string of the molecule is Brc1cccc2oc3ccc(-n4c5ccccc5c5c6sc7ccccc7c6ccc54)cc3c12. The summed E-state index contributed by atoms with van der Waals surface area (Å²) in [6.45, 7) is 0. The van der Waals surface area contributed by atoms with Gasteiger partial charge in [-0.05, 0) is 48.5 Å². The van der Waals surface area contributed by atoms with Crippen molar-refractivity contribution in [2.75, 3.05) is 0 Å². The molecule has 2 nitrogen and oxygen atoms in total. The summed E-state index contributed by atoms with van der Waals surface area (Å²) in [7, 11) is 0. The van der Waals surface area contributed by atoms with Crippen LogP contribution in [0.15, 0.2) is 106 Å². The Bertz CT molecular complexity index is 2090. The average molecular weight is 518 g/mol. The normalized spacial score (nSPS) is 12.3. The Kier molecular flexibility index (Phi) is 3.71. The maximum atomic E-state index is 6.13. The van der Waals surface area contributed by atoms with Crippen LogP contribution in [0, 0.1) is 0 Å². The fourth-order valence-electron chi connectivity index (χ4n) is 5.42. The van der Waals surface area contributed by atoms with Crippen molar-refractivity contribution in [1.82, 2.24) is 4.57 Å². The van der Waals surface area contributed by atoms with Crippen LogP contribution in [0.5, 0.6) is 0 Å². The number of rotatable bonds is 1. The lowest BCUT2D eigenvalue weighted by Gasteiger charge is -2.08. The first-order chi connectivity index (χ1) is 16.8. The molecule has 0 atom stereocenters. The Hall–Kier alpha value is -3.60. The lowest BCUT2D eigenvalue weighted by molar-refractivity contribution is 0.669. The van der Waals surface area contributed by atoms with Crippen LogP contribution in [0.2, 0.25) is 0 Å². The minimum absolute atomic E-state index is 0.899. The summed E-state index contributed by atoms with van der Waals surface area (Å²) in [4.78, 5) is 0. The Labute approximate surface area is 206 Å². The van der Waals surface area contributed by atoms with E-state index in [1.165, 1.54) is 42.0 Å². The molecule has 0 saturated heterocycles. The predicted octanol–water partition coefficient (Wildman–Crippen LogP) is 9.81. The summed E-state index contributed by atoms with van der Waals surface area (Å²) in [6, 6.07) is 34.6. The molecule has 0 N–H and O–H groups in total. The van der Waals surface area contributed by atoms with Crippen molar-refractivity contribution >= 4 is 91.2 Å². The number of nitrogens with zero attached hydrogens (tertiary/aromatic N) is 1. The summed E-state index contributed by atoms with van der Waals surface area (Å²) in [5.41, 5.74) is 5.38. The van der Waals surface area contributed by atoms with Crippen molar-refractivity contribution in [3.8, 4) is 5.69 Å². The summed E-state index contributed by atoms with van der Waals surface area (Å²) in [5.74, 6) is 0. The Morgan fingerprint density at radius 3 is 2.41 bits per heavy atom. The molecule has 0 unspecified atom stereocenters. The number of halogens is 1. The first kappa shape index (κ1) is 18.8. The highest BCUT2D eigenvalue weighted by atomic mass is 79.9. The zero-order valence-corrected chi connectivity index (χ0v) is 20.3. The van der Waals surface area contributed by atoms with Gasteiger partial charge in [-0.3, -0.25) is 0 Å². The molecule has 0 bridgehead atoms. The maximum absolute atomic E-state index is 6.13. The summed E-state index contributed by atoms with van der Waals surface area (Å²) >= 11 is 5.62. The minimum atomic E-state index is 0.899. The van der Waals surface area contributed by atoms with Gasteiger partial charge in [-0.1, -0.05) is 64.5 Å². The van der Waals surface area contributed by atoms with E-state index < -0.39 is 0 Å². The quantitative estimate of drug-likeness (QED) is 0.212. The Morgan fingerprint density at radius 2 is 1.47 bits per heavy atom. The van der Waals surface area contributed by atoms with Gasteiger partial charge in [0.05, 0.1) is 11.0 Å². The molecule has 0 saturated carbocycles. The van der Waals surface area contributed by atoms with Crippen molar-refractivity contribution in [2.24, 2.45) is 0 Å². The molecule has 0 amide bonds. The standard InChI is InChI=1S/C30H16BrNOS/c31-22-8-5-10-26-28(22)21-16-17(12-15-25(21)33-26)32-23-9-3-1-7-20(23)29-24(32)14-13-19-18-6-2-4-11-27(18)34-30(19)29/h1-16H. The molecular weight excluding hydrogens is 502 g/mol. The third-order valence-corrected chi connectivity index (χ3v) is 8.73. The van der Waals surface area contributed by atoms with E-state index in [2.05, 4.69) is 105 Å². The van der Waals surface area contributed by atoms with Gasteiger partial charge in [-0.25, -0.2) is 0 Å². The zero-order valence-electron chi connectivity index (χ0n) is 17.9. The third kappa shape index (κ3) is 2.39. The smallest absolute Gasteiger partial charge is 0.136 e. The van der Waals surface area contributed by atoms with Gasteiger partial charge < -0.3 is 8.98 Å². The van der Waals surface area contributed by atoms with E-state index in [0.717, 1.165) is 32.1 Å². The lowest BCUT2D eigenvalue weighted by atomic mass is 10.1. The first-order valence-corrected chi connectivity index (χ1v) is 12.8. The molecule has 5 aromatic carbocycles. The highest BCUT2D eigenvalue weighted by molar-refractivity contribution is 9.10. The molecule has 160 valence electrons. The van der Waals surface area contributed by atoms with Gasteiger partial charge in [0.15, 0.2) is 0 Å². The second-order valence-electron chi connectivity index (χ2n) is 8.68. The molecule has 4 heteroatoms. The number of benzene rings is 5. The second kappa shape index (κ2) is 6.72. The molecule has 8 rings (SSSR count). The number of fused-ring (bicyclic) bond motifs is 10. The molecule has 3 heterocycles. The van der Waals surface area contributed by atoms with Crippen molar-refractivity contribution in [1.29, 1.82) is 0 Å². The van der Waals surface area contributed by atoms with Crippen LogP contribution in [0.1, 0.15) is 0 Å². The lowest BCUT2D eigenvalue weighted by Crippen LogP contribution is -1.93. The van der Waals surface area contributed by atoms with E-state index in [0.29, 0.717) is 0 Å². The summed E-state index contributed by atoms with van der Waals surface area (Å²) in [5, 5.41) is 7.51. The van der Waals surface area contributed by atoms with Gasteiger partial charge in [0, 0.05) is 51.9 Å². The molecule has 3 aromatic heterocycles. The van der Waals surface area contributed by atoms with E-state index in [1.54, 1.807) is 0 Å². The van der Waals surface area contributed by atoms with Gasteiger partial charge in [0.25, 0.3) is 0 Å². The predicted molar refractivity (Wildman–Crippen MR) is 149 cm³/mol. The van der Waals surface area contributed by atoms with Gasteiger partial charge in [0.1, 0.15) is 11.2 Å².